The van der Waals surface area contributed by atoms with E-state index < -0.39 is 5.82 Å². The Hall–Kier alpha value is -1.95. The lowest BCUT2D eigenvalue weighted by molar-refractivity contribution is 0.177. The molecule has 3 N–H and O–H groups in total. The summed E-state index contributed by atoms with van der Waals surface area (Å²) in [6, 6.07) is 4.46. The van der Waals surface area contributed by atoms with Gasteiger partial charge in [0.1, 0.15) is 12.4 Å². The number of nitrogens with one attached hydrogen (secondary N) is 2. The smallest absolute Gasteiger partial charge is 0.191 e. The second-order valence-corrected chi connectivity index (χ2v) is 6.42. The zero-order chi connectivity index (χ0) is 19.2. The first kappa shape index (κ1) is 22.3. The van der Waals surface area contributed by atoms with Crippen molar-refractivity contribution < 1.29 is 14.2 Å². The molecule has 1 aromatic heterocycles. The Morgan fingerprint density at radius 3 is 3.00 bits per heavy atom. The third-order valence-corrected chi connectivity index (χ3v) is 4.29. The number of phenols is 1. The summed E-state index contributed by atoms with van der Waals surface area (Å²) >= 11 is 0. The van der Waals surface area contributed by atoms with Crippen molar-refractivity contribution in [2.45, 2.75) is 45.5 Å². The number of halogens is 2. The Balaban J connectivity index is 0.00000280. The summed E-state index contributed by atoms with van der Waals surface area (Å²) in [4.78, 5) is 9.00. The predicted molar refractivity (Wildman–Crippen MR) is 114 cm³/mol. The number of rotatable bonds is 6. The standard InChI is InChI=1S/C18H25FN6O2.HI/c1-3-20-18(21-9-12-4-6-15(26)14(19)8-12)22-13-5-7-17-23-16(11-27-2)24-25(17)10-13;/h4,6,8,13,26H,3,5,7,9-11H2,1-2H3,(H2,20,21,22);1H. The number of guanidine groups is 1. The van der Waals surface area contributed by atoms with E-state index in [9.17, 15) is 9.50 Å². The van der Waals surface area contributed by atoms with Crippen molar-refractivity contribution in [3.63, 3.8) is 0 Å². The molecule has 0 spiro atoms. The van der Waals surface area contributed by atoms with Crippen LogP contribution in [0.4, 0.5) is 4.39 Å². The van der Waals surface area contributed by atoms with Crippen molar-refractivity contribution in [3.8, 4) is 5.75 Å². The van der Waals surface area contributed by atoms with Gasteiger partial charge >= 0.3 is 0 Å². The van der Waals surface area contributed by atoms with Crippen molar-refractivity contribution in [1.29, 1.82) is 0 Å². The van der Waals surface area contributed by atoms with Crippen LogP contribution in [0, 0.1) is 5.82 Å². The minimum atomic E-state index is -0.640. The molecule has 0 amide bonds. The number of fused-ring (bicyclic) bond motifs is 1. The van der Waals surface area contributed by atoms with Gasteiger partial charge in [-0.05, 0) is 31.0 Å². The lowest BCUT2D eigenvalue weighted by Crippen LogP contribution is -2.47. The largest absolute Gasteiger partial charge is 0.505 e. The van der Waals surface area contributed by atoms with Gasteiger partial charge in [0.15, 0.2) is 23.4 Å². The topological polar surface area (TPSA) is 96.6 Å². The van der Waals surface area contributed by atoms with E-state index in [-0.39, 0.29) is 35.8 Å². The van der Waals surface area contributed by atoms with E-state index >= 15 is 0 Å². The van der Waals surface area contributed by atoms with Crippen LogP contribution in [0.5, 0.6) is 5.75 Å². The number of hydrogen-bond acceptors (Lipinski definition) is 5. The summed E-state index contributed by atoms with van der Waals surface area (Å²) in [5, 5.41) is 20.4. The zero-order valence-corrected chi connectivity index (χ0v) is 18.3. The van der Waals surface area contributed by atoms with Gasteiger partial charge in [-0.25, -0.2) is 19.0 Å². The van der Waals surface area contributed by atoms with Gasteiger partial charge in [0.2, 0.25) is 0 Å². The summed E-state index contributed by atoms with van der Waals surface area (Å²) in [6.45, 7) is 4.13. The molecule has 2 heterocycles. The highest BCUT2D eigenvalue weighted by Gasteiger charge is 2.22. The molecular formula is C18H26FIN6O2. The quantitative estimate of drug-likeness (QED) is 0.316. The molecule has 10 heteroatoms. The van der Waals surface area contributed by atoms with Gasteiger partial charge in [-0.3, -0.25) is 0 Å². The van der Waals surface area contributed by atoms with Crippen LogP contribution in [0.15, 0.2) is 23.2 Å². The normalized spacial score (nSPS) is 16.2. The van der Waals surface area contributed by atoms with Gasteiger partial charge in [0.25, 0.3) is 0 Å². The predicted octanol–water partition coefficient (Wildman–Crippen LogP) is 1.96. The van der Waals surface area contributed by atoms with Crippen LogP contribution in [0.2, 0.25) is 0 Å². The average Bonchev–Trinajstić information content (AvgIpc) is 3.04. The first-order chi connectivity index (χ1) is 13.1. The minimum Gasteiger partial charge on any atom is -0.505 e. The molecule has 0 bridgehead atoms. The summed E-state index contributed by atoms with van der Waals surface area (Å²) in [5.74, 6) is 1.34. The third kappa shape index (κ3) is 5.77. The fourth-order valence-electron chi connectivity index (χ4n) is 3.00. The molecule has 1 atom stereocenters. The van der Waals surface area contributed by atoms with E-state index in [2.05, 4.69) is 25.7 Å². The first-order valence-electron chi connectivity index (χ1n) is 9.02. The molecule has 0 saturated heterocycles. The molecule has 2 aromatic rings. The van der Waals surface area contributed by atoms with Crippen molar-refractivity contribution in [1.82, 2.24) is 25.4 Å². The maximum atomic E-state index is 13.5. The van der Waals surface area contributed by atoms with E-state index in [0.29, 0.717) is 37.0 Å². The van der Waals surface area contributed by atoms with Gasteiger partial charge in [-0.1, -0.05) is 6.07 Å². The molecule has 0 aliphatic carbocycles. The summed E-state index contributed by atoms with van der Waals surface area (Å²) < 4.78 is 20.5. The molecule has 0 saturated carbocycles. The van der Waals surface area contributed by atoms with E-state index in [0.717, 1.165) is 25.2 Å². The van der Waals surface area contributed by atoms with Crippen molar-refractivity contribution in [2.24, 2.45) is 4.99 Å². The molecule has 1 aromatic carbocycles. The Labute approximate surface area is 180 Å². The highest BCUT2D eigenvalue weighted by molar-refractivity contribution is 14.0. The van der Waals surface area contributed by atoms with E-state index in [1.54, 1.807) is 13.2 Å². The van der Waals surface area contributed by atoms with Gasteiger partial charge in [-0.15, -0.1) is 24.0 Å². The van der Waals surface area contributed by atoms with Crippen LogP contribution in [-0.2, 0) is 30.9 Å². The van der Waals surface area contributed by atoms with Crippen LogP contribution in [-0.4, -0.2) is 45.5 Å². The molecule has 0 fully saturated rings. The Kier molecular flexibility index (Phi) is 8.42. The number of hydrogen-bond donors (Lipinski definition) is 3. The molecule has 1 aliphatic rings. The highest BCUT2D eigenvalue weighted by Crippen LogP contribution is 2.17. The molecular weight excluding hydrogens is 478 g/mol. The van der Waals surface area contributed by atoms with Crippen LogP contribution in [0.25, 0.3) is 0 Å². The molecule has 3 rings (SSSR count). The molecule has 1 unspecified atom stereocenters. The Bertz CT molecular complexity index is 813. The van der Waals surface area contributed by atoms with Crippen LogP contribution < -0.4 is 10.6 Å². The summed E-state index contributed by atoms with van der Waals surface area (Å²) in [5.41, 5.74) is 0.689. The van der Waals surface area contributed by atoms with Gasteiger partial charge in [-0.2, -0.15) is 5.10 Å². The van der Waals surface area contributed by atoms with E-state index in [4.69, 9.17) is 4.74 Å². The first-order valence-corrected chi connectivity index (χ1v) is 9.02. The molecule has 28 heavy (non-hydrogen) atoms. The van der Waals surface area contributed by atoms with Crippen LogP contribution >= 0.6 is 24.0 Å². The monoisotopic (exact) mass is 504 g/mol. The number of methoxy groups -OCH3 is 1. The van der Waals surface area contributed by atoms with Crippen LogP contribution in [0.1, 0.15) is 30.6 Å². The van der Waals surface area contributed by atoms with Gasteiger partial charge < -0.3 is 20.5 Å². The van der Waals surface area contributed by atoms with Crippen molar-refractivity contribution in [3.05, 3.63) is 41.2 Å². The lowest BCUT2D eigenvalue weighted by atomic mass is 10.1. The van der Waals surface area contributed by atoms with Gasteiger partial charge in [0, 0.05) is 26.1 Å². The Morgan fingerprint density at radius 1 is 1.46 bits per heavy atom. The fraction of sp³-hybridized carbons (Fsp3) is 0.500. The summed E-state index contributed by atoms with van der Waals surface area (Å²) in [7, 11) is 1.63. The van der Waals surface area contributed by atoms with E-state index in [1.807, 2.05) is 11.6 Å². The number of aromatic nitrogens is 3. The SMILES string of the molecule is CCNC(=NCc1ccc(O)c(F)c1)NC1CCc2nc(COC)nn2C1.I. The number of ether oxygens (including phenoxy) is 1. The summed E-state index contributed by atoms with van der Waals surface area (Å²) in [6.07, 6.45) is 1.75. The fourth-order valence-corrected chi connectivity index (χ4v) is 3.00. The van der Waals surface area contributed by atoms with Crippen LogP contribution in [0.3, 0.4) is 0 Å². The number of aryl methyl sites for hydroxylation is 1. The molecule has 8 nitrogen and oxygen atoms in total. The molecule has 0 radical (unpaired) electrons. The molecule has 1 aliphatic heterocycles. The lowest BCUT2D eigenvalue weighted by Gasteiger charge is -2.25. The van der Waals surface area contributed by atoms with Gasteiger partial charge in [0.05, 0.1) is 13.1 Å². The Morgan fingerprint density at radius 2 is 2.29 bits per heavy atom. The maximum Gasteiger partial charge on any atom is 0.191 e. The number of aromatic hydroxyl groups is 1. The maximum absolute atomic E-state index is 13.5. The number of nitrogens with zero attached hydrogens (tertiary/aromatic N) is 4. The second-order valence-electron chi connectivity index (χ2n) is 6.42. The zero-order valence-electron chi connectivity index (χ0n) is 16.0. The highest BCUT2D eigenvalue weighted by atomic mass is 127. The minimum absolute atomic E-state index is 0. The van der Waals surface area contributed by atoms with Crippen molar-refractivity contribution >= 4 is 29.9 Å². The molecule has 154 valence electrons. The van der Waals surface area contributed by atoms with Crippen molar-refractivity contribution in [2.75, 3.05) is 13.7 Å². The second kappa shape index (κ2) is 10.6. The van der Waals surface area contributed by atoms with E-state index in [1.165, 1.54) is 12.1 Å². The number of benzene rings is 1. The third-order valence-electron chi connectivity index (χ3n) is 4.29. The number of phenolic OH excluding ortho intramolecular Hbond substituents is 1. The number of aliphatic imine (C=N–C) groups is 1. The average molecular weight is 504 g/mol.